The number of carbonyl (C=O) groups is 2. The summed E-state index contributed by atoms with van der Waals surface area (Å²) in [4.78, 5) is 23.0. The van der Waals surface area contributed by atoms with Crippen LogP contribution >= 0.6 is 22.9 Å². The molecule has 2 N–H and O–H groups in total. The lowest BCUT2D eigenvalue weighted by Crippen LogP contribution is -2.21. The number of aryl methyl sites for hydroxylation is 1. The zero-order valence-electron chi connectivity index (χ0n) is 11.1. The molecule has 0 aliphatic rings. The van der Waals surface area contributed by atoms with E-state index in [4.69, 9.17) is 21.4 Å². The number of thiophene rings is 1. The van der Waals surface area contributed by atoms with Gasteiger partial charge in [0.1, 0.15) is 10.6 Å². The van der Waals surface area contributed by atoms with E-state index in [1.807, 2.05) is 0 Å². The van der Waals surface area contributed by atoms with Gasteiger partial charge in [-0.05, 0) is 42.1 Å². The average molecular weight is 326 g/mol. The Morgan fingerprint density at radius 2 is 2.00 bits per heavy atom. The minimum absolute atomic E-state index is 0.104. The fourth-order valence-electron chi connectivity index (χ4n) is 1.61. The molecular weight excluding hydrogens is 314 g/mol. The Balaban J connectivity index is 1.97. The van der Waals surface area contributed by atoms with E-state index >= 15 is 0 Å². The van der Waals surface area contributed by atoms with E-state index in [2.05, 4.69) is 5.32 Å². The number of carboxylic acids is 1. The van der Waals surface area contributed by atoms with Gasteiger partial charge in [0.25, 0.3) is 5.91 Å². The Bertz CT molecular complexity index is 666. The van der Waals surface area contributed by atoms with Crippen molar-refractivity contribution in [1.29, 1.82) is 0 Å². The van der Waals surface area contributed by atoms with Gasteiger partial charge in [0.05, 0.1) is 5.69 Å². The summed E-state index contributed by atoms with van der Waals surface area (Å²) in [5.41, 5.74) is 1.02. The maximum Gasteiger partial charge on any atom is 0.348 e. The summed E-state index contributed by atoms with van der Waals surface area (Å²) < 4.78 is 5.30. The number of carboxylic acid groups (broad SMARTS) is 1. The lowest BCUT2D eigenvalue weighted by atomic mass is 10.2. The first-order valence-corrected chi connectivity index (χ1v) is 7.22. The fourth-order valence-corrected chi connectivity index (χ4v) is 2.58. The molecule has 0 atom stereocenters. The van der Waals surface area contributed by atoms with Crippen LogP contribution in [0.15, 0.2) is 29.6 Å². The first kappa shape index (κ1) is 15.3. The predicted octanol–water partition coefficient (Wildman–Crippen LogP) is 3.43. The second kappa shape index (κ2) is 6.60. The molecule has 5 nitrogen and oxygen atoms in total. The molecular formula is C14H12ClNO4S. The quantitative estimate of drug-likeness (QED) is 0.883. The summed E-state index contributed by atoms with van der Waals surface area (Å²) in [6, 6.07) is 6.60. The molecule has 1 heterocycles. The summed E-state index contributed by atoms with van der Waals surface area (Å²) in [7, 11) is 0. The monoisotopic (exact) mass is 325 g/mol. The lowest BCUT2D eigenvalue weighted by Gasteiger charge is -2.08. The van der Waals surface area contributed by atoms with Gasteiger partial charge in [-0.2, -0.15) is 0 Å². The van der Waals surface area contributed by atoms with Crippen molar-refractivity contribution in [2.24, 2.45) is 0 Å². The number of hydrogen-bond acceptors (Lipinski definition) is 4. The van der Waals surface area contributed by atoms with Gasteiger partial charge >= 0.3 is 5.97 Å². The fraction of sp³-hybridized carbons (Fsp3) is 0.143. The third-order valence-electron chi connectivity index (χ3n) is 2.62. The summed E-state index contributed by atoms with van der Waals surface area (Å²) in [5, 5.41) is 13.9. The summed E-state index contributed by atoms with van der Waals surface area (Å²) >= 11 is 6.82. The normalized spacial score (nSPS) is 10.2. The van der Waals surface area contributed by atoms with Crippen molar-refractivity contribution in [1.82, 2.24) is 0 Å². The molecule has 7 heteroatoms. The third-order valence-corrected chi connectivity index (χ3v) is 3.96. The highest BCUT2D eigenvalue weighted by atomic mass is 35.5. The summed E-state index contributed by atoms with van der Waals surface area (Å²) in [6.45, 7) is 1.52. The maximum atomic E-state index is 11.8. The number of amides is 1. The minimum atomic E-state index is -1.07. The molecule has 0 bridgehead atoms. The Hall–Kier alpha value is -2.05. The van der Waals surface area contributed by atoms with Crippen LogP contribution in [0.5, 0.6) is 5.75 Å². The molecule has 0 aliphatic carbocycles. The van der Waals surface area contributed by atoms with Crippen molar-refractivity contribution in [3.63, 3.8) is 0 Å². The van der Waals surface area contributed by atoms with Crippen molar-refractivity contribution in [3.05, 3.63) is 45.1 Å². The van der Waals surface area contributed by atoms with Gasteiger partial charge in [-0.25, -0.2) is 4.79 Å². The molecule has 0 fully saturated rings. The number of nitrogens with one attached hydrogen (secondary N) is 1. The highest BCUT2D eigenvalue weighted by molar-refractivity contribution is 7.12. The smallest absolute Gasteiger partial charge is 0.348 e. The van der Waals surface area contributed by atoms with E-state index in [-0.39, 0.29) is 11.5 Å². The van der Waals surface area contributed by atoms with Crippen LogP contribution in [-0.2, 0) is 4.79 Å². The molecule has 0 radical (unpaired) electrons. The van der Waals surface area contributed by atoms with Gasteiger partial charge in [0.15, 0.2) is 6.61 Å². The Kier molecular flexibility index (Phi) is 4.82. The topological polar surface area (TPSA) is 75.6 Å². The molecule has 21 heavy (non-hydrogen) atoms. The molecule has 2 aromatic rings. The van der Waals surface area contributed by atoms with Crippen LogP contribution in [0.2, 0.25) is 5.02 Å². The minimum Gasteiger partial charge on any atom is -0.484 e. The number of ether oxygens (including phenoxy) is 1. The molecule has 110 valence electrons. The largest absolute Gasteiger partial charge is 0.484 e. The highest BCUT2D eigenvalue weighted by Crippen LogP contribution is 2.27. The van der Waals surface area contributed by atoms with E-state index in [9.17, 15) is 9.59 Å². The molecule has 0 aliphatic heterocycles. The zero-order valence-corrected chi connectivity index (χ0v) is 12.6. The van der Waals surface area contributed by atoms with E-state index < -0.39 is 11.9 Å². The SMILES string of the molecule is Cc1csc(C(=O)O)c1NC(=O)COc1ccc(Cl)cc1. The number of rotatable bonds is 5. The van der Waals surface area contributed by atoms with Crippen molar-refractivity contribution in [2.75, 3.05) is 11.9 Å². The lowest BCUT2D eigenvalue weighted by molar-refractivity contribution is -0.118. The van der Waals surface area contributed by atoms with Crippen LogP contribution in [0, 0.1) is 6.92 Å². The van der Waals surface area contributed by atoms with Crippen LogP contribution in [0.25, 0.3) is 0 Å². The van der Waals surface area contributed by atoms with E-state index in [0.29, 0.717) is 22.0 Å². The van der Waals surface area contributed by atoms with E-state index in [1.165, 1.54) is 0 Å². The molecule has 0 spiro atoms. The summed E-state index contributed by atoms with van der Waals surface area (Å²) in [5.74, 6) is -0.981. The molecule has 1 amide bonds. The van der Waals surface area contributed by atoms with Crippen molar-refractivity contribution < 1.29 is 19.4 Å². The molecule has 0 saturated carbocycles. The number of anilines is 1. The first-order valence-electron chi connectivity index (χ1n) is 5.97. The molecule has 0 unspecified atom stereocenters. The van der Waals surface area contributed by atoms with Gasteiger partial charge in [-0.3, -0.25) is 4.79 Å². The van der Waals surface area contributed by atoms with Gasteiger partial charge < -0.3 is 15.2 Å². The van der Waals surface area contributed by atoms with Crippen LogP contribution in [0.3, 0.4) is 0 Å². The number of carbonyl (C=O) groups excluding carboxylic acids is 1. The van der Waals surface area contributed by atoms with Crippen molar-refractivity contribution in [2.45, 2.75) is 6.92 Å². The Morgan fingerprint density at radius 1 is 1.33 bits per heavy atom. The summed E-state index contributed by atoms with van der Waals surface area (Å²) in [6.07, 6.45) is 0. The van der Waals surface area contributed by atoms with E-state index in [0.717, 1.165) is 11.3 Å². The molecule has 1 aromatic carbocycles. The Morgan fingerprint density at radius 3 is 2.62 bits per heavy atom. The van der Waals surface area contributed by atoms with E-state index in [1.54, 1.807) is 36.6 Å². The standard InChI is InChI=1S/C14H12ClNO4S/c1-8-7-21-13(14(18)19)12(8)16-11(17)6-20-10-4-2-9(15)3-5-10/h2-5,7H,6H2,1H3,(H,16,17)(H,18,19). The number of halogens is 1. The van der Waals surface area contributed by atoms with Crippen LogP contribution in [0.4, 0.5) is 5.69 Å². The highest BCUT2D eigenvalue weighted by Gasteiger charge is 2.17. The predicted molar refractivity (Wildman–Crippen MR) is 81.6 cm³/mol. The molecule has 1 aromatic heterocycles. The number of benzene rings is 1. The van der Waals surface area contributed by atoms with Gasteiger partial charge in [-0.1, -0.05) is 11.6 Å². The maximum absolute atomic E-state index is 11.8. The zero-order chi connectivity index (χ0) is 15.4. The average Bonchev–Trinajstić information content (AvgIpc) is 2.80. The van der Waals surface area contributed by atoms with Crippen LogP contribution in [0.1, 0.15) is 15.2 Å². The van der Waals surface area contributed by atoms with Gasteiger partial charge in [0, 0.05) is 5.02 Å². The van der Waals surface area contributed by atoms with Gasteiger partial charge in [-0.15, -0.1) is 11.3 Å². The van der Waals surface area contributed by atoms with Crippen molar-refractivity contribution in [3.8, 4) is 5.75 Å². The Labute approximate surface area is 130 Å². The first-order chi connectivity index (χ1) is 9.97. The molecule has 0 saturated heterocycles. The van der Waals surface area contributed by atoms with Crippen LogP contribution in [-0.4, -0.2) is 23.6 Å². The second-order valence-corrected chi connectivity index (χ2v) is 5.53. The number of hydrogen-bond donors (Lipinski definition) is 2. The third kappa shape index (κ3) is 3.96. The molecule has 2 rings (SSSR count). The number of aromatic carboxylic acids is 1. The van der Waals surface area contributed by atoms with Gasteiger partial charge in [0.2, 0.25) is 0 Å². The van der Waals surface area contributed by atoms with Crippen molar-refractivity contribution >= 4 is 40.5 Å². The van der Waals surface area contributed by atoms with Crippen LogP contribution < -0.4 is 10.1 Å². The second-order valence-electron chi connectivity index (χ2n) is 4.22.